The van der Waals surface area contributed by atoms with Gasteiger partial charge in [-0.15, -0.1) is 11.6 Å². The molecule has 2 fully saturated rings. The summed E-state index contributed by atoms with van der Waals surface area (Å²) in [6.45, 7) is 0.797. The van der Waals surface area contributed by atoms with Crippen molar-refractivity contribution in [3.05, 3.63) is 0 Å². The van der Waals surface area contributed by atoms with Crippen LogP contribution in [0.25, 0.3) is 0 Å². The Hall–Kier alpha value is -0.240. The first-order chi connectivity index (χ1) is 7.76. The van der Waals surface area contributed by atoms with Crippen LogP contribution in [0, 0.1) is 11.3 Å². The molecule has 92 valence electrons. The van der Waals surface area contributed by atoms with Crippen LogP contribution in [-0.2, 0) is 4.79 Å². The predicted octanol–water partition coefficient (Wildman–Crippen LogP) is 3.09. The predicted molar refractivity (Wildman–Crippen MR) is 66.6 cm³/mol. The molecule has 1 N–H and O–H groups in total. The number of amides is 1. The van der Waals surface area contributed by atoms with Crippen molar-refractivity contribution in [1.29, 1.82) is 0 Å². The van der Waals surface area contributed by atoms with Crippen LogP contribution in [0.1, 0.15) is 51.4 Å². The van der Waals surface area contributed by atoms with E-state index in [4.69, 9.17) is 11.6 Å². The molecule has 2 aliphatic rings. The Bertz CT molecular complexity index is 244. The van der Waals surface area contributed by atoms with Crippen molar-refractivity contribution in [2.24, 2.45) is 11.3 Å². The monoisotopic (exact) mass is 243 g/mol. The third-order valence-corrected chi connectivity index (χ3v) is 4.88. The van der Waals surface area contributed by atoms with Crippen molar-refractivity contribution in [1.82, 2.24) is 5.32 Å². The van der Waals surface area contributed by atoms with Crippen LogP contribution in [-0.4, -0.2) is 18.3 Å². The van der Waals surface area contributed by atoms with E-state index in [1.807, 2.05) is 0 Å². The highest BCUT2D eigenvalue weighted by molar-refractivity contribution is 6.18. The average molecular weight is 244 g/mol. The molecule has 0 aromatic heterocycles. The van der Waals surface area contributed by atoms with Crippen molar-refractivity contribution in [3.8, 4) is 0 Å². The SMILES string of the molecule is O=C(NCC1(CCl)CCCCC1)C1CCC1. The lowest BCUT2D eigenvalue weighted by Gasteiger charge is -2.36. The Morgan fingerprint density at radius 1 is 1.19 bits per heavy atom. The summed E-state index contributed by atoms with van der Waals surface area (Å²) >= 11 is 6.10. The van der Waals surface area contributed by atoms with Gasteiger partial charge in [-0.05, 0) is 25.7 Å². The van der Waals surface area contributed by atoms with E-state index in [0.717, 1.165) is 19.4 Å². The number of carbonyl (C=O) groups is 1. The summed E-state index contributed by atoms with van der Waals surface area (Å²) < 4.78 is 0. The van der Waals surface area contributed by atoms with E-state index >= 15 is 0 Å². The lowest BCUT2D eigenvalue weighted by atomic mass is 9.75. The van der Waals surface area contributed by atoms with E-state index in [9.17, 15) is 4.79 Å². The largest absolute Gasteiger partial charge is 0.355 e. The Kier molecular flexibility index (Phi) is 4.12. The number of rotatable bonds is 4. The minimum atomic E-state index is 0.194. The minimum Gasteiger partial charge on any atom is -0.355 e. The van der Waals surface area contributed by atoms with Crippen molar-refractivity contribution in [2.45, 2.75) is 51.4 Å². The maximum absolute atomic E-state index is 11.8. The van der Waals surface area contributed by atoms with Crippen LogP contribution in [0.15, 0.2) is 0 Å². The van der Waals surface area contributed by atoms with Gasteiger partial charge in [-0.1, -0.05) is 25.7 Å². The molecule has 16 heavy (non-hydrogen) atoms. The van der Waals surface area contributed by atoms with Crippen molar-refractivity contribution in [3.63, 3.8) is 0 Å². The first-order valence-corrected chi connectivity index (χ1v) is 7.13. The van der Waals surface area contributed by atoms with E-state index < -0.39 is 0 Å². The van der Waals surface area contributed by atoms with E-state index in [2.05, 4.69) is 5.32 Å². The highest BCUT2D eigenvalue weighted by atomic mass is 35.5. The lowest BCUT2D eigenvalue weighted by Crippen LogP contribution is -2.43. The van der Waals surface area contributed by atoms with Crippen LogP contribution < -0.4 is 5.32 Å². The van der Waals surface area contributed by atoms with Crippen LogP contribution in [0.3, 0.4) is 0 Å². The van der Waals surface area contributed by atoms with Crippen molar-refractivity contribution < 1.29 is 4.79 Å². The van der Waals surface area contributed by atoms with Gasteiger partial charge < -0.3 is 5.32 Å². The molecule has 0 radical (unpaired) electrons. The molecule has 0 aromatic rings. The zero-order valence-corrected chi connectivity index (χ0v) is 10.7. The molecule has 0 bridgehead atoms. The normalized spacial score (nSPS) is 24.8. The minimum absolute atomic E-state index is 0.194. The Morgan fingerprint density at radius 3 is 2.38 bits per heavy atom. The quantitative estimate of drug-likeness (QED) is 0.756. The molecule has 1 amide bonds. The van der Waals surface area contributed by atoms with Gasteiger partial charge in [0.2, 0.25) is 5.91 Å². The molecular formula is C13H22ClNO. The van der Waals surface area contributed by atoms with Gasteiger partial charge in [-0.3, -0.25) is 4.79 Å². The number of hydrogen-bond acceptors (Lipinski definition) is 1. The van der Waals surface area contributed by atoms with Crippen molar-refractivity contribution in [2.75, 3.05) is 12.4 Å². The van der Waals surface area contributed by atoms with E-state index in [-0.39, 0.29) is 11.3 Å². The van der Waals surface area contributed by atoms with Crippen LogP contribution in [0.2, 0.25) is 0 Å². The summed E-state index contributed by atoms with van der Waals surface area (Å²) in [5, 5.41) is 3.12. The van der Waals surface area contributed by atoms with Crippen LogP contribution >= 0.6 is 11.6 Å². The van der Waals surface area contributed by atoms with E-state index in [1.165, 1.54) is 38.5 Å². The van der Waals surface area contributed by atoms with Gasteiger partial charge in [0.1, 0.15) is 0 Å². The topological polar surface area (TPSA) is 29.1 Å². The van der Waals surface area contributed by atoms with Crippen LogP contribution in [0.5, 0.6) is 0 Å². The molecule has 0 aromatic carbocycles. The second kappa shape index (κ2) is 5.39. The number of carbonyl (C=O) groups excluding carboxylic acids is 1. The van der Waals surface area contributed by atoms with Gasteiger partial charge in [-0.25, -0.2) is 0 Å². The highest BCUT2D eigenvalue weighted by Gasteiger charge is 2.33. The summed E-state index contributed by atoms with van der Waals surface area (Å²) in [6.07, 6.45) is 9.62. The molecular weight excluding hydrogens is 222 g/mol. The fourth-order valence-corrected chi connectivity index (χ4v) is 3.11. The number of nitrogens with one attached hydrogen (secondary N) is 1. The zero-order valence-electron chi connectivity index (χ0n) is 9.93. The lowest BCUT2D eigenvalue weighted by molar-refractivity contribution is -0.127. The fourth-order valence-electron chi connectivity index (χ4n) is 2.75. The Labute approximate surface area is 103 Å². The van der Waals surface area contributed by atoms with E-state index in [0.29, 0.717) is 11.8 Å². The smallest absolute Gasteiger partial charge is 0.223 e. The molecule has 3 heteroatoms. The van der Waals surface area contributed by atoms with Crippen LogP contribution in [0.4, 0.5) is 0 Å². The summed E-state index contributed by atoms with van der Waals surface area (Å²) in [5.41, 5.74) is 0.194. The second-order valence-corrected chi connectivity index (χ2v) is 5.81. The molecule has 0 atom stereocenters. The maximum Gasteiger partial charge on any atom is 0.223 e. The molecule has 2 saturated carbocycles. The fraction of sp³-hybridized carbons (Fsp3) is 0.923. The zero-order chi connectivity index (χ0) is 11.4. The summed E-state index contributed by atoms with van der Waals surface area (Å²) in [4.78, 5) is 11.8. The summed E-state index contributed by atoms with van der Waals surface area (Å²) in [6, 6.07) is 0. The van der Waals surface area contributed by atoms with Gasteiger partial charge in [0.05, 0.1) is 0 Å². The number of alkyl halides is 1. The third-order valence-electron chi connectivity index (χ3n) is 4.31. The average Bonchev–Trinajstić information content (AvgIpc) is 2.25. The Morgan fingerprint density at radius 2 is 1.88 bits per heavy atom. The molecule has 0 spiro atoms. The Balaban J connectivity index is 1.79. The number of halogens is 1. The molecule has 0 heterocycles. The standard InChI is InChI=1S/C13H22ClNO/c14-9-13(7-2-1-3-8-13)10-15-12(16)11-5-4-6-11/h11H,1-10H2,(H,15,16). The van der Waals surface area contributed by atoms with Gasteiger partial charge in [0, 0.05) is 23.8 Å². The molecule has 0 aliphatic heterocycles. The summed E-state index contributed by atoms with van der Waals surface area (Å²) in [5.74, 6) is 1.26. The molecule has 0 unspecified atom stereocenters. The first kappa shape index (κ1) is 12.2. The maximum atomic E-state index is 11.8. The molecule has 0 saturated heterocycles. The molecule has 2 nitrogen and oxygen atoms in total. The molecule has 2 rings (SSSR count). The van der Waals surface area contributed by atoms with E-state index in [1.54, 1.807) is 0 Å². The highest BCUT2D eigenvalue weighted by Crippen LogP contribution is 2.37. The summed E-state index contributed by atoms with van der Waals surface area (Å²) in [7, 11) is 0. The van der Waals surface area contributed by atoms with Gasteiger partial charge in [0.25, 0.3) is 0 Å². The van der Waals surface area contributed by atoms with Crippen molar-refractivity contribution >= 4 is 17.5 Å². The molecule has 2 aliphatic carbocycles. The number of hydrogen-bond donors (Lipinski definition) is 1. The second-order valence-electron chi connectivity index (χ2n) is 5.54. The van der Waals surface area contributed by atoms with Gasteiger partial charge in [-0.2, -0.15) is 0 Å². The first-order valence-electron chi connectivity index (χ1n) is 6.59. The third kappa shape index (κ3) is 2.71. The van der Waals surface area contributed by atoms with Gasteiger partial charge >= 0.3 is 0 Å². The van der Waals surface area contributed by atoms with Gasteiger partial charge in [0.15, 0.2) is 0 Å².